The van der Waals surface area contributed by atoms with Gasteiger partial charge < -0.3 is 0 Å². The molecule has 0 fully saturated rings. The van der Waals surface area contributed by atoms with Gasteiger partial charge in [-0.1, -0.05) is 20.8 Å². The zero-order valence-electron chi connectivity index (χ0n) is 14.7. The van der Waals surface area contributed by atoms with Gasteiger partial charge in [-0.05, 0) is 55.2 Å². The number of nitrogens with one attached hydrogen (secondary N) is 1. The topological polar surface area (TPSA) is 41.5 Å². The highest BCUT2D eigenvalue weighted by Crippen LogP contribution is 2.40. The summed E-state index contributed by atoms with van der Waals surface area (Å²) in [6, 6.07) is 4.06. The molecule has 3 rings (SSSR count). The van der Waals surface area contributed by atoms with Crippen molar-refractivity contribution in [1.29, 1.82) is 0 Å². The van der Waals surface area contributed by atoms with Gasteiger partial charge in [-0.3, -0.25) is 4.79 Å². The molecule has 2 aromatic rings. The van der Waals surface area contributed by atoms with Crippen molar-refractivity contribution in [2.45, 2.75) is 47.0 Å². The van der Waals surface area contributed by atoms with E-state index in [2.05, 4.69) is 44.3 Å². The first-order chi connectivity index (χ1) is 11.3. The zero-order valence-corrected chi connectivity index (χ0v) is 16.3. The Morgan fingerprint density at radius 3 is 2.83 bits per heavy atom. The first-order valence-electron chi connectivity index (χ1n) is 8.33. The standard InChI is InChI=1S/C19H24N2OS2/c1-12-5-7-14(24-12)10-20-21-18(22)16-11-23-17-9-13(19(2,3)4)6-8-15(16)17/h5,7,10-11,13H,6,8-9H2,1-4H3,(H,21,22)/b20-10-. The summed E-state index contributed by atoms with van der Waals surface area (Å²) in [5, 5.41) is 6.10. The molecule has 1 aliphatic carbocycles. The SMILES string of the molecule is Cc1ccc(/C=N\NC(=O)c2csc3c2CCC(C(C)(C)C)C3)s1. The van der Waals surface area contributed by atoms with E-state index in [-0.39, 0.29) is 5.91 Å². The van der Waals surface area contributed by atoms with Crippen LogP contribution in [0.3, 0.4) is 0 Å². The van der Waals surface area contributed by atoms with Crippen molar-refractivity contribution in [3.8, 4) is 0 Å². The number of nitrogens with zero attached hydrogens (tertiary/aromatic N) is 1. The molecule has 0 aromatic carbocycles. The molecule has 0 aliphatic heterocycles. The highest BCUT2D eigenvalue weighted by molar-refractivity contribution is 7.13. The Labute approximate surface area is 151 Å². The second-order valence-electron chi connectivity index (χ2n) is 7.50. The summed E-state index contributed by atoms with van der Waals surface area (Å²) in [4.78, 5) is 16.1. The molecule has 128 valence electrons. The zero-order chi connectivity index (χ0) is 17.3. The van der Waals surface area contributed by atoms with Crippen LogP contribution in [-0.4, -0.2) is 12.1 Å². The molecule has 1 atom stereocenters. The number of hydrogen-bond acceptors (Lipinski definition) is 4. The van der Waals surface area contributed by atoms with Crippen LogP contribution in [0.1, 0.15) is 57.7 Å². The normalized spacial score (nSPS) is 17.9. The van der Waals surface area contributed by atoms with E-state index in [0.29, 0.717) is 11.3 Å². The number of thiophene rings is 2. The third kappa shape index (κ3) is 3.78. The van der Waals surface area contributed by atoms with Gasteiger partial charge in [0.25, 0.3) is 5.91 Å². The summed E-state index contributed by atoms with van der Waals surface area (Å²) >= 11 is 3.39. The number of rotatable bonds is 3. The lowest BCUT2D eigenvalue weighted by Gasteiger charge is -2.33. The van der Waals surface area contributed by atoms with E-state index in [1.165, 1.54) is 15.3 Å². The molecule has 2 heterocycles. The molecule has 1 aliphatic rings. The second-order valence-corrected chi connectivity index (χ2v) is 9.79. The lowest BCUT2D eigenvalue weighted by Crippen LogP contribution is -2.27. The third-order valence-corrected chi connectivity index (χ3v) is 6.73. The first kappa shape index (κ1) is 17.4. The highest BCUT2D eigenvalue weighted by atomic mass is 32.1. The van der Waals surface area contributed by atoms with E-state index in [1.807, 2.05) is 11.4 Å². The smallest absolute Gasteiger partial charge is 0.267 e. The molecule has 0 radical (unpaired) electrons. The van der Waals surface area contributed by atoms with Crippen LogP contribution in [0.4, 0.5) is 0 Å². The fourth-order valence-corrected chi connectivity index (χ4v) is 5.09. The van der Waals surface area contributed by atoms with Gasteiger partial charge in [0, 0.05) is 20.0 Å². The van der Waals surface area contributed by atoms with Crippen LogP contribution >= 0.6 is 22.7 Å². The lowest BCUT2D eigenvalue weighted by molar-refractivity contribution is 0.0954. The van der Waals surface area contributed by atoms with Gasteiger partial charge in [-0.15, -0.1) is 22.7 Å². The van der Waals surface area contributed by atoms with Crippen LogP contribution in [0.25, 0.3) is 0 Å². The molecular weight excluding hydrogens is 336 g/mol. The van der Waals surface area contributed by atoms with Crippen molar-refractivity contribution in [2.75, 3.05) is 0 Å². The van der Waals surface area contributed by atoms with Gasteiger partial charge in [0.2, 0.25) is 0 Å². The van der Waals surface area contributed by atoms with E-state index in [9.17, 15) is 4.79 Å². The van der Waals surface area contributed by atoms with Crippen molar-refractivity contribution in [1.82, 2.24) is 5.43 Å². The van der Waals surface area contributed by atoms with Crippen LogP contribution in [0.15, 0.2) is 22.6 Å². The van der Waals surface area contributed by atoms with E-state index < -0.39 is 0 Å². The first-order valence-corrected chi connectivity index (χ1v) is 10.0. The average Bonchev–Trinajstić information content (AvgIpc) is 3.11. The number of aryl methyl sites for hydroxylation is 1. The number of carbonyl (C=O) groups excluding carboxylic acids is 1. The predicted molar refractivity (Wildman–Crippen MR) is 103 cm³/mol. The maximum atomic E-state index is 12.4. The van der Waals surface area contributed by atoms with Gasteiger partial charge >= 0.3 is 0 Å². The van der Waals surface area contributed by atoms with E-state index in [1.54, 1.807) is 28.9 Å². The summed E-state index contributed by atoms with van der Waals surface area (Å²) in [5.74, 6) is 0.603. The number of carbonyl (C=O) groups is 1. The van der Waals surface area contributed by atoms with Crippen molar-refractivity contribution in [3.05, 3.63) is 43.3 Å². The fourth-order valence-electron chi connectivity index (χ4n) is 3.18. The minimum Gasteiger partial charge on any atom is -0.267 e. The van der Waals surface area contributed by atoms with Crippen LogP contribution in [0.5, 0.6) is 0 Å². The molecule has 0 saturated heterocycles. The summed E-state index contributed by atoms with van der Waals surface area (Å²) in [7, 11) is 0. The van der Waals surface area contributed by atoms with Crippen molar-refractivity contribution >= 4 is 34.8 Å². The minimum absolute atomic E-state index is 0.0914. The predicted octanol–water partition coefficient (Wildman–Crippen LogP) is 5.03. The van der Waals surface area contributed by atoms with Crippen molar-refractivity contribution in [2.24, 2.45) is 16.4 Å². The van der Waals surface area contributed by atoms with Crippen LogP contribution in [-0.2, 0) is 12.8 Å². The molecule has 1 unspecified atom stereocenters. The van der Waals surface area contributed by atoms with Crippen molar-refractivity contribution < 1.29 is 4.79 Å². The summed E-state index contributed by atoms with van der Waals surface area (Å²) in [5.41, 5.74) is 5.05. The van der Waals surface area contributed by atoms with Gasteiger partial charge in [0.15, 0.2) is 0 Å². The van der Waals surface area contributed by atoms with Crippen molar-refractivity contribution in [3.63, 3.8) is 0 Å². The lowest BCUT2D eigenvalue weighted by atomic mass is 9.72. The van der Waals surface area contributed by atoms with Gasteiger partial charge in [-0.25, -0.2) is 5.43 Å². The monoisotopic (exact) mass is 360 g/mol. The number of fused-ring (bicyclic) bond motifs is 1. The van der Waals surface area contributed by atoms with E-state index in [0.717, 1.165) is 29.7 Å². The van der Waals surface area contributed by atoms with Crippen LogP contribution < -0.4 is 5.43 Å². The quantitative estimate of drug-likeness (QED) is 0.605. The Morgan fingerprint density at radius 2 is 2.17 bits per heavy atom. The summed E-state index contributed by atoms with van der Waals surface area (Å²) < 4.78 is 0. The molecule has 2 aromatic heterocycles. The van der Waals surface area contributed by atoms with Gasteiger partial charge in [-0.2, -0.15) is 5.10 Å². The van der Waals surface area contributed by atoms with Gasteiger partial charge in [0.05, 0.1) is 11.8 Å². The van der Waals surface area contributed by atoms with E-state index >= 15 is 0 Å². The molecule has 24 heavy (non-hydrogen) atoms. The summed E-state index contributed by atoms with van der Waals surface area (Å²) in [6.07, 6.45) is 4.96. The maximum absolute atomic E-state index is 12.4. The van der Waals surface area contributed by atoms with Crippen LogP contribution in [0, 0.1) is 18.3 Å². The fraction of sp³-hybridized carbons (Fsp3) is 0.474. The third-order valence-electron chi connectivity index (χ3n) is 4.74. The maximum Gasteiger partial charge on any atom is 0.272 e. The Hall–Kier alpha value is -1.46. The molecule has 0 spiro atoms. The minimum atomic E-state index is -0.0914. The molecule has 5 heteroatoms. The Kier molecular flexibility index (Phi) is 4.92. The van der Waals surface area contributed by atoms with Crippen LogP contribution in [0.2, 0.25) is 0 Å². The van der Waals surface area contributed by atoms with Gasteiger partial charge in [0.1, 0.15) is 0 Å². The Morgan fingerprint density at radius 1 is 1.38 bits per heavy atom. The summed E-state index contributed by atoms with van der Waals surface area (Å²) in [6.45, 7) is 8.99. The largest absolute Gasteiger partial charge is 0.272 e. The highest BCUT2D eigenvalue weighted by Gasteiger charge is 2.31. The number of amides is 1. The Bertz CT molecular complexity index is 765. The average molecular weight is 361 g/mol. The number of hydrazone groups is 1. The molecule has 1 amide bonds. The molecule has 0 bridgehead atoms. The number of hydrogen-bond donors (Lipinski definition) is 1. The second kappa shape index (κ2) is 6.81. The molecule has 1 N–H and O–H groups in total. The molecule has 0 saturated carbocycles. The molecule has 3 nitrogen and oxygen atoms in total. The molecular formula is C19H24N2OS2. The Balaban J connectivity index is 1.67. The van der Waals surface area contributed by atoms with E-state index in [4.69, 9.17) is 0 Å².